The molecular weight excluding hydrogens is 226 g/mol. The standard InChI is InChI=1S/C15H21NO2/c1-12(13-7-5-9-16(2)10-13)18-15-8-4-3-6-14(15)11-17/h3-4,6,8,11-13H,5,7,9-10H2,1-2H3. The number of carbonyl (C=O) groups excluding carboxylic acids is 1. The number of aldehydes is 1. The van der Waals surface area contributed by atoms with Crippen molar-refractivity contribution in [3.05, 3.63) is 29.8 Å². The van der Waals surface area contributed by atoms with Crippen molar-refractivity contribution in [3.8, 4) is 5.75 Å². The van der Waals surface area contributed by atoms with E-state index in [1.165, 1.54) is 19.4 Å². The van der Waals surface area contributed by atoms with Crippen LogP contribution in [0, 0.1) is 5.92 Å². The molecule has 3 nitrogen and oxygen atoms in total. The Hall–Kier alpha value is -1.35. The minimum absolute atomic E-state index is 0.147. The number of carbonyl (C=O) groups is 1. The molecule has 0 aromatic heterocycles. The Bertz CT molecular complexity index is 405. The molecule has 0 bridgehead atoms. The summed E-state index contributed by atoms with van der Waals surface area (Å²) >= 11 is 0. The monoisotopic (exact) mass is 247 g/mol. The molecule has 0 radical (unpaired) electrons. The Morgan fingerprint density at radius 1 is 1.44 bits per heavy atom. The van der Waals surface area contributed by atoms with Crippen LogP contribution < -0.4 is 4.74 Å². The number of nitrogens with zero attached hydrogens (tertiary/aromatic N) is 1. The molecule has 1 aromatic carbocycles. The van der Waals surface area contributed by atoms with Crippen molar-refractivity contribution < 1.29 is 9.53 Å². The van der Waals surface area contributed by atoms with Gasteiger partial charge in [-0.3, -0.25) is 4.79 Å². The highest BCUT2D eigenvalue weighted by Crippen LogP contribution is 2.24. The van der Waals surface area contributed by atoms with Crippen LogP contribution in [0.3, 0.4) is 0 Å². The van der Waals surface area contributed by atoms with Crippen LogP contribution in [0.25, 0.3) is 0 Å². The summed E-state index contributed by atoms with van der Waals surface area (Å²) in [6.45, 7) is 4.35. The fourth-order valence-corrected chi connectivity index (χ4v) is 2.57. The number of benzene rings is 1. The van der Waals surface area contributed by atoms with E-state index in [0.717, 1.165) is 12.8 Å². The third-order valence-corrected chi connectivity index (χ3v) is 3.68. The summed E-state index contributed by atoms with van der Waals surface area (Å²) in [7, 11) is 2.15. The second-order valence-corrected chi connectivity index (χ2v) is 5.14. The van der Waals surface area contributed by atoms with Crippen LogP contribution in [-0.2, 0) is 0 Å². The van der Waals surface area contributed by atoms with Gasteiger partial charge in [0.25, 0.3) is 0 Å². The minimum atomic E-state index is 0.147. The van der Waals surface area contributed by atoms with E-state index in [1.807, 2.05) is 18.2 Å². The maximum Gasteiger partial charge on any atom is 0.153 e. The second kappa shape index (κ2) is 6.01. The maximum absolute atomic E-state index is 10.9. The largest absolute Gasteiger partial charge is 0.490 e. The molecule has 0 amide bonds. The molecule has 1 heterocycles. The predicted octanol–water partition coefficient (Wildman–Crippen LogP) is 2.61. The van der Waals surface area contributed by atoms with E-state index in [0.29, 0.717) is 17.2 Å². The van der Waals surface area contributed by atoms with Crippen molar-refractivity contribution in [2.75, 3.05) is 20.1 Å². The molecule has 1 aliphatic rings. The number of piperidine rings is 1. The molecule has 3 heteroatoms. The Labute approximate surface area is 109 Å². The van der Waals surface area contributed by atoms with E-state index >= 15 is 0 Å². The zero-order valence-electron chi connectivity index (χ0n) is 11.1. The number of ether oxygens (including phenoxy) is 1. The molecule has 2 unspecified atom stereocenters. The Morgan fingerprint density at radius 3 is 2.94 bits per heavy atom. The molecule has 1 aromatic rings. The molecular formula is C15H21NO2. The highest BCUT2D eigenvalue weighted by atomic mass is 16.5. The van der Waals surface area contributed by atoms with Crippen LogP contribution in [0.4, 0.5) is 0 Å². The SMILES string of the molecule is CC(Oc1ccccc1C=O)C1CCCN(C)C1. The van der Waals surface area contributed by atoms with Crippen molar-refractivity contribution in [1.82, 2.24) is 4.90 Å². The number of hydrogen-bond donors (Lipinski definition) is 0. The number of rotatable bonds is 4. The van der Waals surface area contributed by atoms with Crippen LogP contribution in [0.5, 0.6) is 5.75 Å². The zero-order valence-corrected chi connectivity index (χ0v) is 11.1. The first kappa shape index (κ1) is 13.1. The first-order valence-corrected chi connectivity index (χ1v) is 6.60. The predicted molar refractivity (Wildman–Crippen MR) is 72.1 cm³/mol. The van der Waals surface area contributed by atoms with E-state index in [4.69, 9.17) is 4.74 Å². The van der Waals surface area contributed by atoms with Crippen molar-refractivity contribution >= 4 is 6.29 Å². The van der Waals surface area contributed by atoms with Gasteiger partial charge in [-0.25, -0.2) is 0 Å². The van der Waals surface area contributed by atoms with Gasteiger partial charge in [0.1, 0.15) is 5.75 Å². The highest BCUT2D eigenvalue weighted by molar-refractivity contribution is 5.79. The van der Waals surface area contributed by atoms with Crippen LogP contribution >= 0.6 is 0 Å². The van der Waals surface area contributed by atoms with Crippen LogP contribution in [-0.4, -0.2) is 37.4 Å². The third-order valence-electron chi connectivity index (χ3n) is 3.68. The van der Waals surface area contributed by atoms with Crippen LogP contribution in [0.15, 0.2) is 24.3 Å². The van der Waals surface area contributed by atoms with Crippen LogP contribution in [0.2, 0.25) is 0 Å². The molecule has 1 aliphatic heterocycles. The van der Waals surface area contributed by atoms with Crippen molar-refractivity contribution in [2.45, 2.75) is 25.9 Å². The molecule has 0 saturated carbocycles. The van der Waals surface area contributed by atoms with Crippen molar-refractivity contribution in [2.24, 2.45) is 5.92 Å². The van der Waals surface area contributed by atoms with Crippen LogP contribution in [0.1, 0.15) is 30.1 Å². The lowest BCUT2D eigenvalue weighted by Crippen LogP contribution is -2.39. The number of likely N-dealkylation sites (tertiary alicyclic amines) is 1. The molecule has 18 heavy (non-hydrogen) atoms. The number of para-hydroxylation sites is 1. The summed E-state index contributed by atoms with van der Waals surface area (Å²) in [5.74, 6) is 1.25. The fraction of sp³-hybridized carbons (Fsp3) is 0.533. The summed E-state index contributed by atoms with van der Waals surface area (Å²) in [4.78, 5) is 13.3. The van der Waals surface area contributed by atoms with Gasteiger partial charge in [0.15, 0.2) is 6.29 Å². The van der Waals surface area contributed by atoms with Gasteiger partial charge in [0, 0.05) is 12.5 Å². The molecule has 0 spiro atoms. The van der Waals surface area contributed by atoms with Gasteiger partial charge >= 0.3 is 0 Å². The first-order chi connectivity index (χ1) is 8.70. The van der Waals surface area contributed by atoms with Crippen molar-refractivity contribution in [1.29, 1.82) is 0 Å². The summed E-state index contributed by atoms with van der Waals surface area (Å²) in [5.41, 5.74) is 0.633. The Balaban J connectivity index is 2.01. The maximum atomic E-state index is 10.9. The average Bonchev–Trinajstić information content (AvgIpc) is 2.39. The average molecular weight is 247 g/mol. The molecule has 0 N–H and O–H groups in total. The highest BCUT2D eigenvalue weighted by Gasteiger charge is 2.24. The summed E-state index contributed by atoms with van der Waals surface area (Å²) in [5, 5.41) is 0. The molecule has 1 fully saturated rings. The first-order valence-electron chi connectivity index (χ1n) is 6.60. The zero-order chi connectivity index (χ0) is 13.0. The molecule has 98 valence electrons. The van der Waals surface area contributed by atoms with E-state index in [2.05, 4.69) is 18.9 Å². The van der Waals surface area contributed by atoms with E-state index < -0.39 is 0 Å². The molecule has 2 rings (SSSR count). The Kier molecular flexibility index (Phi) is 4.37. The smallest absolute Gasteiger partial charge is 0.153 e. The molecule has 0 aliphatic carbocycles. The topological polar surface area (TPSA) is 29.5 Å². The van der Waals surface area contributed by atoms with E-state index in [9.17, 15) is 4.79 Å². The summed E-state index contributed by atoms with van der Waals surface area (Å²) < 4.78 is 5.97. The van der Waals surface area contributed by atoms with Gasteiger partial charge in [-0.1, -0.05) is 12.1 Å². The van der Waals surface area contributed by atoms with Gasteiger partial charge in [-0.15, -0.1) is 0 Å². The van der Waals surface area contributed by atoms with Gasteiger partial charge < -0.3 is 9.64 Å². The Morgan fingerprint density at radius 2 is 2.22 bits per heavy atom. The van der Waals surface area contributed by atoms with Gasteiger partial charge in [-0.05, 0) is 45.5 Å². The van der Waals surface area contributed by atoms with Gasteiger partial charge in [-0.2, -0.15) is 0 Å². The lowest BCUT2D eigenvalue weighted by molar-refractivity contribution is 0.0885. The van der Waals surface area contributed by atoms with Gasteiger partial charge in [0.05, 0.1) is 11.7 Å². The molecule has 2 atom stereocenters. The fourth-order valence-electron chi connectivity index (χ4n) is 2.57. The number of hydrogen-bond acceptors (Lipinski definition) is 3. The summed E-state index contributed by atoms with van der Waals surface area (Å²) in [6, 6.07) is 7.42. The van der Waals surface area contributed by atoms with E-state index in [-0.39, 0.29) is 6.10 Å². The normalized spacial score (nSPS) is 22.4. The van der Waals surface area contributed by atoms with E-state index in [1.54, 1.807) is 6.07 Å². The lowest BCUT2D eigenvalue weighted by atomic mass is 9.93. The van der Waals surface area contributed by atoms with Crippen molar-refractivity contribution in [3.63, 3.8) is 0 Å². The summed E-state index contributed by atoms with van der Waals surface area (Å²) in [6.07, 6.45) is 3.43. The molecule has 1 saturated heterocycles. The second-order valence-electron chi connectivity index (χ2n) is 5.14. The lowest BCUT2D eigenvalue weighted by Gasteiger charge is -2.33. The third kappa shape index (κ3) is 3.10. The minimum Gasteiger partial charge on any atom is -0.490 e. The van der Waals surface area contributed by atoms with Gasteiger partial charge in [0.2, 0.25) is 0 Å². The quantitative estimate of drug-likeness (QED) is 0.766.